The van der Waals surface area contributed by atoms with E-state index in [2.05, 4.69) is 48.5 Å². The van der Waals surface area contributed by atoms with Crippen LogP contribution in [0, 0.1) is 12.3 Å². The van der Waals surface area contributed by atoms with Gasteiger partial charge in [0.05, 0.1) is 6.04 Å². The van der Waals surface area contributed by atoms with Crippen molar-refractivity contribution in [2.24, 2.45) is 0 Å². The van der Waals surface area contributed by atoms with Gasteiger partial charge in [-0.2, -0.15) is 0 Å². The number of hydrogen-bond donors (Lipinski definition) is 1. The molecule has 0 bridgehead atoms. The molecule has 3 rings (SSSR count). The minimum Gasteiger partial charge on any atom is -0.378 e. The highest BCUT2D eigenvalue weighted by molar-refractivity contribution is 7.19. The third-order valence-electron chi connectivity index (χ3n) is 3.28. The highest BCUT2D eigenvalue weighted by Crippen LogP contribution is 2.31. The number of rotatable bonds is 3. The molecule has 0 aliphatic carbocycles. The lowest BCUT2D eigenvalue weighted by atomic mass is 10.2. The summed E-state index contributed by atoms with van der Waals surface area (Å²) in [6, 6.07) is 19.0. The van der Waals surface area contributed by atoms with Gasteiger partial charge >= 0.3 is 0 Å². The molecule has 1 unspecified atom stereocenters. The average Bonchev–Trinajstić information content (AvgIpc) is 2.91. The second-order valence-electron chi connectivity index (χ2n) is 4.78. The molecular weight excluding hydrogens is 262 g/mol. The molecule has 0 spiro atoms. The van der Waals surface area contributed by atoms with E-state index < -0.39 is 0 Å². The molecule has 0 amide bonds. The summed E-state index contributed by atoms with van der Waals surface area (Å²) in [5.74, 6) is 2.66. The van der Waals surface area contributed by atoms with Gasteiger partial charge in [-0.05, 0) is 42.6 Å². The first kappa shape index (κ1) is 12.8. The van der Waals surface area contributed by atoms with Crippen molar-refractivity contribution in [2.75, 3.05) is 5.32 Å². The zero-order chi connectivity index (χ0) is 13.9. The highest BCUT2D eigenvalue weighted by Gasteiger charge is 2.09. The summed E-state index contributed by atoms with van der Waals surface area (Å²) in [5.41, 5.74) is 1.96. The Bertz CT molecular complexity index is 746. The van der Waals surface area contributed by atoms with E-state index in [1.165, 1.54) is 15.0 Å². The van der Waals surface area contributed by atoms with Crippen LogP contribution in [-0.4, -0.2) is 0 Å². The highest BCUT2D eigenvalue weighted by atomic mass is 32.1. The van der Waals surface area contributed by atoms with Gasteiger partial charge in [-0.15, -0.1) is 17.8 Å². The van der Waals surface area contributed by atoms with Crippen LogP contribution in [0.5, 0.6) is 0 Å². The third-order valence-corrected chi connectivity index (χ3v) is 4.58. The van der Waals surface area contributed by atoms with E-state index in [1.54, 1.807) is 0 Å². The molecule has 0 saturated heterocycles. The number of terminal acetylenes is 1. The maximum absolute atomic E-state index is 5.44. The van der Waals surface area contributed by atoms with E-state index in [-0.39, 0.29) is 6.04 Å². The standard InChI is InChI=1S/C18H15NS/c1-3-14-7-6-9-16(11-14)19-13(2)18-12-15-8-4-5-10-17(15)20-18/h1,4-13,19H,2H3. The monoisotopic (exact) mass is 277 g/mol. The zero-order valence-electron chi connectivity index (χ0n) is 11.3. The minimum atomic E-state index is 0.264. The number of hydrogen-bond acceptors (Lipinski definition) is 2. The minimum absolute atomic E-state index is 0.264. The number of fused-ring (bicyclic) bond motifs is 1. The van der Waals surface area contributed by atoms with Crippen molar-refractivity contribution in [3.8, 4) is 12.3 Å². The summed E-state index contributed by atoms with van der Waals surface area (Å²) >= 11 is 1.83. The Morgan fingerprint density at radius 2 is 1.95 bits per heavy atom. The van der Waals surface area contributed by atoms with Gasteiger partial charge in [0.2, 0.25) is 0 Å². The molecule has 98 valence electrons. The van der Waals surface area contributed by atoms with Crippen molar-refractivity contribution in [1.82, 2.24) is 0 Å². The van der Waals surface area contributed by atoms with Crippen LogP contribution in [0.15, 0.2) is 54.6 Å². The second kappa shape index (κ2) is 5.40. The molecule has 0 aliphatic heterocycles. The van der Waals surface area contributed by atoms with Crippen molar-refractivity contribution in [1.29, 1.82) is 0 Å². The number of anilines is 1. The van der Waals surface area contributed by atoms with Crippen LogP contribution in [0.1, 0.15) is 23.4 Å². The Morgan fingerprint density at radius 3 is 2.75 bits per heavy atom. The van der Waals surface area contributed by atoms with Crippen LogP contribution >= 0.6 is 11.3 Å². The molecule has 20 heavy (non-hydrogen) atoms. The lowest BCUT2D eigenvalue weighted by Gasteiger charge is -2.13. The maximum atomic E-state index is 5.44. The molecule has 0 aliphatic rings. The average molecular weight is 277 g/mol. The fourth-order valence-electron chi connectivity index (χ4n) is 2.24. The van der Waals surface area contributed by atoms with Gasteiger partial charge in [-0.25, -0.2) is 0 Å². The quantitative estimate of drug-likeness (QED) is 0.660. The fraction of sp³-hybridized carbons (Fsp3) is 0.111. The lowest BCUT2D eigenvalue weighted by Crippen LogP contribution is -2.04. The summed E-state index contributed by atoms with van der Waals surface area (Å²) in [7, 11) is 0. The van der Waals surface area contributed by atoms with Crippen molar-refractivity contribution in [3.63, 3.8) is 0 Å². The molecule has 0 saturated carbocycles. The van der Waals surface area contributed by atoms with E-state index in [0.29, 0.717) is 0 Å². The zero-order valence-corrected chi connectivity index (χ0v) is 12.1. The largest absolute Gasteiger partial charge is 0.378 e. The smallest absolute Gasteiger partial charge is 0.0578 e. The molecule has 1 heterocycles. The first-order valence-corrected chi connectivity index (χ1v) is 7.39. The Kier molecular flexibility index (Phi) is 3.45. The van der Waals surface area contributed by atoms with E-state index >= 15 is 0 Å². The summed E-state index contributed by atoms with van der Waals surface area (Å²) in [6.07, 6.45) is 5.44. The Labute approximate surface area is 123 Å². The molecule has 2 aromatic carbocycles. The summed E-state index contributed by atoms with van der Waals surface area (Å²) in [5, 5.41) is 4.81. The molecular formula is C18H15NS. The van der Waals surface area contributed by atoms with E-state index in [4.69, 9.17) is 6.42 Å². The molecule has 0 fully saturated rings. The van der Waals surface area contributed by atoms with Crippen LogP contribution < -0.4 is 5.32 Å². The van der Waals surface area contributed by atoms with Crippen LogP contribution in [0.4, 0.5) is 5.69 Å². The summed E-state index contributed by atoms with van der Waals surface area (Å²) < 4.78 is 1.33. The van der Waals surface area contributed by atoms with Gasteiger partial charge in [0.15, 0.2) is 0 Å². The van der Waals surface area contributed by atoms with E-state index in [0.717, 1.165) is 11.3 Å². The number of benzene rings is 2. The second-order valence-corrected chi connectivity index (χ2v) is 5.89. The Morgan fingerprint density at radius 1 is 1.10 bits per heavy atom. The van der Waals surface area contributed by atoms with Crippen molar-refractivity contribution in [2.45, 2.75) is 13.0 Å². The van der Waals surface area contributed by atoms with Gasteiger partial charge in [-0.3, -0.25) is 0 Å². The molecule has 1 nitrogen and oxygen atoms in total. The maximum Gasteiger partial charge on any atom is 0.0578 e. The SMILES string of the molecule is C#Cc1cccc(NC(C)c2cc3ccccc3s2)c1. The summed E-state index contributed by atoms with van der Waals surface area (Å²) in [6.45, 7) is 2.17. The van der Waals surface area contributed by atoms with Crippen molar-refractivity contribution in [3.05, 3.63) is 65.0 Å². The number of nitrogens with one attached hydrogen (secondary N) is 1. The predicted octanol–water partition coefficient (Wildman–Crippen LogP) is 5.06. The first-order valence-electron chi connectivity index (χ1n) is 6.58. The summed E-state index contributed by atoms with van der Waals surface area (Å²) in [4.78, 5) is 1.33. The Hall–Kier alpha value is -2.24. The van der Waals surface area contributed by atoms with Crippen LogP contribution in [0.25, 0.3) is 10.1 Å². The van der Waals surface area contributed by atoms with Crippen molar-refractivity contribution < 1.29 is 0 Å². The van der Waals surface area contributed by atoms with E-state index in [9.17, 15) is 0 Å². The van der Waals surface area contributed by atoms with Crippen molar-refractivity contribution >= 4 is 27.1 Å². The molecule has 1 N–H and O–H groups in total. The lowest BCUT2D eigenvalue weighted by molar-refractivity contribution is 0.909. The van der Waals surface area contributed by atoms with Crippen LogP contribution in [-0.2, 0) is 0 Å². The number of thiophene rings is 1. The topological polar surface area (TPSA) is 12.0 Å². The van der Waals surface area contributed by atoms with E-state index in [1.807, 2.05) is 35.6 Å². The molecule has 0 radical (unpaired) electrons. The normalized spacial score (nSPS) is 12.0. The fourth-order valence-corrected chi connectivity index (χ4v) is 3.30. The van der Waals surface area contributed by atoms with Gasteiger partial charge in [0, 0.05) is 20.8 Å². The van der Waals surface area contributed by atoms with Crippen LogP contribution in [0.3, 0.4) is 0 Å². The van der Waals surface area contributed by atoms with Crippen LogP contribution in [0.2, 0.25) is 0 Å². The van der Waals surface area contributed by atoms with Gasteiger partial charge in [0.25, 0.3) is 0 Å². The van der Waals surface area contributed by atoms with Gasteiger partial charge in [0.1, 0.15) is 0 Å². The predicted molar refractivity (Wildman–Crippen MR) is 88.2 cm³/mol. The third kappa shape index (κ3) is 2.54. The molecule has 3 aromatic rings. The Balaban J connectivity index is 1.85. The van der Waals surface area contributed by atoms with Gasteiger partial charge < -0.3 is 5.32 Å². The molecule has 1 aromatic heterocycles. The molecule has 2 heteroatoms. The van der Waals surface area contributed by atoms with Gasteiger partial charge in [-0.1, -0.05) is 30.2 Å². The molecule has 1 atom stereocenters. The first-order chi connectivity index (χ1) is 9.76.